The fourth-order valence-corrected chi connectivity index (χ4v) is 2.40. The molecule has 0 radical (unpaired) electrons. The lowest BCUT2D eigenvalue weighted by Gasteiger charge is -2.11. The van der Waals surface area contributed by atoms with Gasteiger partial charge in [-0.15, -0.1) is 0 Å². The smallest absolute Gasteiger partial charge is 0.309 e. The van der Waals surface area contributed by atoms with Crippen LogP contribution in [-0.4, -0.2) is 31.7 Å². The summed E-state index contributed by atoms with van der Waals surface area (Å²) in [4.78, 5) is 23.5. The van der Waals surface area contributed by atoms with Gasteiger partial charge in [-0.25, -0.2) is 0 Å². The number of nitrogens with one attached hydrogen (secondary N) is 1. The van der Waals surface area contributed by atoms with Crippen LogP contribution < -0.4 is 14.8 Å². The Morgan fingerprint density at radius 2 is 1.67 bits per heavy atom. The monoisotopic (exact) mass is 391 g/mol. The highest BCUT2D eigenvalue weighted by atomic mass is 35.5. The summed E-state index contributed by atoms with van der Waals surface area (Å²) in [5, 5.41) is 3.22. The normalized spacial score (nSPS) is 10.1. The van der Waals surface area contributed by atoms with Crippen molar-refractivity contribution >= 4 is 23.5 Å². The molecular formula is C20H22ClNO5. The number of esters is 1. The molecule has 1 N–H and O–H groups in total. The Kier molecular flexibility index (Phi) is 8.45. The maximum atomic E-state index is 11.8. The number of hydrogen-bond donors (Lipinski definition) is 1. The quantitative estimate of drug-likeness (QED) is 0.628. The highest BCUT2D eigenvalue weighted by molar-refractivity contribution is 6.31. The van der Waals surface area contributed by atoms with E-state index in [1.54, 1.807) is 18.2 Å². The van der Waals surface area contributed by atoms with Gasteiger partial charge in [0.05, 0.1) is 19.6 Å². The van der Waals surface area contributed by atoms with Gasteiger partial charge in [0.2, 0.25) is 0 Å². The molecule has 0 bridgehead atoms. The first-order valence-corrected chi connectivity index (χ1v) is 8.98. The number of carbonyl (C=O) groups is 2. The molecule has 0 saturated carbocycles. The van der Waals surface area contributed by atoms with Gasteiger partial charge in [-0.2, -0.15) is 0 Å². The summed E-state index contributed by atoms with van der Waals surface area (Å²) < 4.78 is 15.9. The van der Waals surface area contributed by atoms with Crippen LogP contribution >= 0.6 is 11.6 Å². The predicted molar refractivity (Wildman–Crippen MR) is 102 cm³/mol. The fraction of sp³-hybridized carbons (Fsp3) is 0.300. The largest absolute Gasteiger partial charge is 0.490 e. The molecule has 0 aliphatic rings. The molecule has 6 nitrogen and oxygen atoms in total. The molecule has 0 aliphatic carbocycles. The Labute approximate surface area is 163 Å². The molecule has 7 heteroatoms. The standard InChI is InChI=1S/C20H22ClNO5/c1-2-25-17-9-5-6-10-18(17)26-12-11-20(24)27-14-19(23)22-13-15-7-3-4-8-16(15)21/h3-10H,2,11-14H2,1H3,(H,22,23). The van der Waals surface area contributed by atoms with Crippen LogP contribution in [0, 0.1) is 0 Å². The Morgan fingerprint density at radius 3 is 2.37 bits per heavy atom. The first-order valence-electron chi connectivity index (χ1n) is 8.60. The van der Waals surface area contributed by atoms with Crippen molar-refractivity contribution in [2.45, 2.75) is 19.9 Å². The van der Waals surface area contributed by atoms with Crippen LogP contribution in [-0.2, 0) is 20.9 Å². The minimum Gasteiger partial charge on any atom is -0.490 e. The van der Waals surface area contributed by atoms with E-state index in [0.29, 0.717) is 23.1 Å². The lowest BCUT2D eigenvalue weighted by Crippen LogP contribution is -2.28. The van der Waals surface area contributed by atoms with E-state index < -0.39 is 11.9 Å². The van der Waals surface area contributed by atoms with E-state index in [9.17, 15) is 9.59 Å². The molecule has 0 aromatic heterocycles. The number of carbonyl (C=O) groups excluding carboxylic acids is 2. The second-order valence-electron chi connectivity index (χ2n) is 5.51. The third-order valence-corrected chi connectivity index (χ3v) is 3.88. The number of benzene rings is 2. The maximum Gasteiger partial charge on any atom is 0.309 e. The molecule has 2 aromatic carbocycles. The molecule has 1 amide bonds. The van der Waals surface area contributed by atoms with Crippen LogP contribution in [0.4, 0.5) is 0 Å². The van der Waals surface area contributed by atoms with Crippen molar-refractivity contribution in [2.24, 2.45) is 0 Å². The van der Waals surface area contributed by atoms with Crippen molar-refractivity contribution in [3.8, 4) is 11.5 Å². The molecule has 0 heterocycles. The Hall–Kier alpha value is -2.73. The van der Waals surface area contributed by atoms with Crippen molar-refractivity contribution in [1.82, 2.24) is 5.32 Å². The van der Waals surface area contributed by atoms with Gasteiger partial charge in [0.25, 0.3) is 5.91 Å². The highest BCUT2D eigenvalue weighted by Gasteiger charge is 2.10. The molecular weight excluding hydrogens is 370 g/mol. The lowest BCUT2D eigenvalue weighted by atomic mass is 10.2. The van der Waals surface area contributed by atoms with Crippen molar-refractivity contribution < 1.29 is 23.8 Å². The second-order valence-corrected chi connectivity index (χ2v) is 5.91. The third kappa shape index (κ3) is 7.19. The summed E-state index contributed by atoms with van der Waals surface area (Å²) in [6, 6.07) is 14.4. The average Bonchev–Trinajstić information content (AvgIpc) is 2.67. The SMILES string of the molecule is CCOc1ccccc1OCCC(=O)OCC(=O)NCc1ccccc1Cl. The zero-order chi connectivity index (χ0) is 19.5. The molecule has 0 aliphatic heterocycles. The number of halogens is 1. The zero-order valence-corrected chi connectivity index (χ0v) is 15.8. The molecule has 2 rings (SSSR count). The zero-order valence-electron chi connectivity index (χ0n) is 15.1. The van der Waals surface area contributed by atoms with E-state index in [0.717, 1.165) is 5.56 Å². The van der Waals surface area contributed by atoms with Gasteiger partial charge >= 0.3 is 5.97 Å². The van der Waals surface area contributed by atoms with Gasteiger partial charge in [0.15, 0.2) is 18.1 Å². The Bertz CT molecular complexity index is 766. The molecule has 0 fully saturated rings. The van der Waals surface area contributed by atoms with Gasteiger partial charge in [0, 0.05) is 11.6 Å². The van der Waals surface area contributed by atoms with Crippen LogP contribution in [0.25, 0.3) is 0 Å². The van der Waals surface area contributed by atoms with Crippen molar-refractivity contribution in [1.29, 1.82) is 0 Å². The van der Waals surface area contributed by atoms with E-state index in [-0.39, 0.29) is 26.2 Å². The lowest BCUT2D eigenvalue weighted by molar-refractivity contribution is -0.149. The van der Waals surface area contributed by atoms with Crippen molar-refractivity contribution in [3.05, 3.63) is 59.1 Å². The molecule has 144 valence electrons. The summed E-state index contributed by atoms with van der Waals surface area (Å²) in [6.45, 7) is 2.45. The van der Waals surface area contributed by atoms with Crippen LogP contribution in [0.15, 0.2) is 48.5 Å². The number of ether oxygens (including phenoxy) is 3. The van der Waals surface area contributed by atoms with Crippen LogP contribution in [0.1, 0.15) is 18.9 Å². The minimum atomic E-state index is -0.517. The van der Waals surface area contributed by atoms with Crippen LogP contribution in [0.5, 0.6) is 11.5 Å². The minimum absolute atomic E-state index is 0.0260. The fourth-order valence-electron chi connectivity index (χ4n) is 2.19. The number of rotatable bonds is 10. The Balaban J connectivity index is 1.66. The molecule has 0 unspecified atom stereocenters. The summed E-state index contributed by atoms with van der Waals surface area (Å²) in [7, 11) is 0. The van der Waals surface area contributed by atoms with E-state index in [2.05, 4.69) is 5.32 Å². The number of hydrogen-bond acceptors (Lipinski definition) is 5. The van der Waals surface area contributed by atoms with Gasteiger partial charge in [-0.3, -0.25) is 9.59 Å². The first kappa shape index (κ1) is 20.6. The molecule has 0 saturated heterocycles. The van der Waals surface area contributed by atoms with E-state index in [4.69, 9.17) is 25.8 Å². The second kappa shape index (κ2) is 11.1. The summed E-state index contributed by atoms with van der Waals surface area (Å²) in [5.74, 6) is 0.264. The molecule has 27 heavy (non-hydrogen) atoms. The molecule has 0 spiro atoms. The van der Waals surface area contributed by atoms with Crippen molar-refractivity contribution in [2.75, 3.05) is 19.8 Å². The first-order chi connectivity index (χ1) is 13.1. The summed E-state index contributed by atoms with van der Waals surface area (Å²) in [6.07, 6.45) is 0.0260. The highest BCUT2D eigenvalue weighted by Crippen LogP contribution is 2.26. The molecule has 0 atom stereocenters. The van der Waals surface area contributed by atoms with Gasteiger partial charge < -0.3 is 19.5 Å². The predicted octanol–water partition coefficient (Wildman–Crippen LogP) is 3.37. The summed E-state index contributed by atoms with van der Waals surface area (Å²) in [5.41, 5.74) is 0.792. The van der Waals surface area contributed by atoms with Gasteiger partial charge in [-0.05, 0) is 30.7 Å². The van der Waals surface area contributed by atoms with E-state index in [1.165, 1.54) is 0 Å². The average molecular weight is 392 g/mol. The third-order valence-electron chi connectivity index (χ3n) is 3.51. The van der Waals surface area contributed by atoms with E-state index >= 15 is 0 Å². The molecule has 2 aromatic rings. The van der Waals surface area contributed by atoms with Gasteiger partial charge in [0.1, 0.15) is 0 Å². The van der Waals surface area contributed by atoms with E-state index in [1.807, 2.05) is 37.3 Å². The van der Waals surface area contributed by atoms with Crippen LogP contribution in [0.2, 0.25) is 5.02 Å². The van der Waals surface area contributed by atoms with Crippen LogP contribution in [0.3, 0.4) is 0 Å². The van der Waals surface area contributed by atoms with Crippen molar-refractivity contribution in [3.63, 3.8) is 0 Å². The maximum absolute atomic E-state index is 11.8. The van der Waals surface area contributed by atoms with Gasteiger partial charge in [-0.1, -0.05) is 41.9 Å². The number of amides is 1. The number of para-hydroxylation sites is 2. The topological polar surface area (TPSA) is 73.9 Å². The summed E-state index contributed by atoms with van der Waals surface area (Å²) >= 11 is 6.01. The Morgan fingerprint density at radius 1 is 1.00 bits per heavy atom.